The molecule has 1 fully saturated rings. The highest BCUT2D eigenvalue weighted by Gasteiger charge is 2.41. The van der Waals surface area contributed by atoms with Gasteiger partial charge in [0.05, 0.1) is 9.85 Å². The second-order valence-electron chi connectivity index (χ2n) is 6.79. The normalized spacial score (nSPS) is 14.8. The number of rotatable bonds is 6. The highest BCUT2D eigenvalue weighted by Crippen LogP contribution is 2.27. The van der Waals surface area contributed by atoms with Crippen LogP contribution in [0.15, 0.2) is 59.9 Å². The van der Waals surface area contributed by atoms with Crippen LogP contribution in [0.25, 0.3) is 0 Å². The molecule has 1 aliphatic rings. The number of anilines is 2. The molecular weight excluding hydrogens is 412 g/mol. The lowest BCUT2D eigenvalue weighted by atomic mass is 10.2. The molecule has 0 radical (unpaired) electrons. The minimum absolute atomic E-state index is 0.131. The third kappa shape index (κ3) is 4.93. The summed E-state index contributed by atoms with van der Waals surface area (Å²) in [5.74, 6) is -3.50. The van der Waals surface area contributed by atoms with Gasteiger partial charge >= 0.3 is 11.9 Å². The van der Waals surface area contributed by atoms with Crippen molar-refractivity contribution in [1.29, 1.82) is 0 Å². The summed E-state index contributed by atoms with van der Waals surface area (Å²) in [6, 6.07) is 10.4. The number of cyclic esters (lactones) is 2. The van der Waals surface area contributed by atoms with Crippen molar-refractivity contribution in [2.24, 2.45) is 0 Å². The zero-order valence-corrected chi connectivity index (χ0v) is 16.3. The van der Waals surface area contributed by atoms with E-state index in [2.05, 4.69) is 10.6 Å². The molecule has 1 aliphatic heterocycles. The van der Waals surface area contributed by atoms with Crippen molar-refractivity contribution in [2.75, 3.05) is 10.6 Å². The standard InChI is InChI=1S/C19H16N4O8/c1-19(2)30-17(24)15(18(25)31-19)16(20-11-3-7-13(8-4-11)22(26)27)21-12-5-9-14(10-6-12)23(28)29/h3-10,20-21H,1-2H3. The third-order valence-electron chi connectivity index (χ3n) is 4.03. The summed E-state index contributed by atoms with van der Waals surface area (Å²) in [4.78, 5) is 45.5. The number of nitrogens with zero attached hydrogens (tertiary/aromatic N) is 2. The Morgan fingerprint density at radius 3 is 1.45 bits per heavy atom. The Kier molecular flexibility index (Phi) is 5.55. The first kappa shape index (κ1) is 21.2. The molecule has 3 rings (SSSR count). The molecule has 0 aliphatic carbocycles. The second-order valence-corrected chi connectivity index (χ2v) is 6.79. The van der Waals surface area contributed by atoms with Gasteiger partial charge in [0, 0.05) is 49.5 Å². The second kappa shape index (κ2) is 8.10. The molecule has 2 aromatic carbocycles. The molecule has 2 N–H and O–H groups in total. The van der Waals surface area contributed by atoms with Gasteiger partial charge in [0.25, 0.3) is 17.2 Å². The van der Waals surface area contributed by atoms with Gasteiger partial charge < -0.3 is 20.1 Å². The van der Waals surface area contributed by atoms with E-state index in [1.165, 1.54) is 62.4 Å². The Bertz CT molecular complexity index is 1010. The lowest BCUT2D eigenvalue weighted by molar-refractivity contribution is -0.385. The molecule has 0 saturated carbocycles. The van der Waals surface area contributed by atoms with Crippen molar-refractivity contribution in [3.05, 3.63) is 80.2 Å². The zero-order valence-electron chi connectivity index (χ0n) is 16.3. The summed E-state index contributed by atoms with van der Waals surface area (Å²) in [7, 11) is 0. The smallest absolute Gasteiger partial charge is 0.352 e. The van der Waals surface area contributed by atoms with E-state index in [0.29, 0.717) is 11.4 Å². The lowest BCUT2D eigenvalue weighted by Gasteiger charge is -2.31. The van der Waals surface area contributed by atoms with Gasteiger partial charge in [-0.25, -0.2) is 9.59 Å². The molecule has 0 atom stereocenters. The van der Waals surface area contributed by atoms with Crippen molar-refractivity contribution >= 4 is 34.7 Å². The van der Waals surface area contributed by atoms with Crippen LogP contribution in [-0.2, 0) is 19.1 Å². The third-order valence-corrected chi connectivity index (χ3v) is 4.03. The summed E-state index contributed by atoms with van der Waals surface area (Å²) in [5.41, 5.74) is -0.153. The highest BCUT2D eigenvalue weighted by molar-refractivity contribution is 6.16. The summed E-state index contributed by atoms with van der Waals surface area (Å²) < 4.78 is 10.2. The largest absolute Gasteiger partial charge is 0.419 e. The topological polar surface area (TPSA) is 163 Å². The number of esters is 2. The summed E-state index contributed by atoms with van der Waals surface area (Å²) in [6.07, 6.45) is 0. The van der Waals surface area contributed by atoms with E-state index >= 15 is 0 Å². The van der Waals surface area contributed by atoms with E-state index in [-0.39, 0.29) is 17.2 Å². The van der Waals surface area contributed by atoms with E-state index in [0.717, 1.165) is 0 Å². The summed E-state index contributed by atoms with van der Waals surface area (Å²) in [5, 5.41) is 27.3. The molecule has 12 heteroatoms. The van der Waals surface area contributed by atoms with Gasteiger partial charge in [0.2, 0.25) is 0 Å². The number of hydrogen-bond donors (Lipinski definition) is 2. The minimum Gasteiger partial charge on any atom is -0.419 e. The minimum atomic E-state index is -1.45. The quantitative estimate of drug-likeness (QED) is 0.230. The molecule has 1 heterocycles. The van der Waals surface area contributed by atoms with Crippen LogP contribution >= 0.6 is 0 Å². The molecule has 0 bridgehead atoms. The van der Waals surface area contributed by atoms with Crippen molar-refractivity contribution in [1.82, 2.24) is 0 Å². The average Bonchev–Trinajstić information content (AvgIpc) is 2.67. The number of ether oxygens (including phenoxy) is 2. The molecular formula is C19H16N4O8. The fourth-order valence-corrected chi connectivity index (χ4v) is 2.63. The Hall–Kier alpha value is -4.48. The van der Waals surface area contributed by atoms with Gasteiger partial charge in [-0.2, -0.15) is 0 Å². The van der Waals surface area contributed by atoms with Crippen LogP contribution in [0.2, 0.25) is 0 Å². The van der Waals surface area contributed by atoms with Crippen molar-refractivity contribution in [3.8, 4) is 0 Å². The predicted octanol–water partition coefficient (Wildman–Crippen LogP) is 3.07. The van der Waals surface area contributed by atoms with Crippen LogP contribution in [0.4, 0.5) is 22.7 Å². The van der Waals surface area contributed by atoms with Gasteiger partial charge in [0.1, 0.15) is 5.82 Å². The van der Waals surface area contributed by atoms with E-state index in [9.17, 15) is 29.8 Å². The molecule has 1 saturated heterocycles. The van der Waals surface area contributed by atoms with Crippen molar-refractivity contribution in [3.63, 3.8) is 0 Å². The Balaban J connectivity index is 1.99. The fourth-order valence-electron chi connectivity index (χ4n) is 2.63. The molecule has 31 heavy (non-hydrogen) atoms. The van der Waals surface area contributed by atoms with Crippen LogP contribution in [0.1, 0.15) is 13.8 Å². The number of benzene rings is 2. The first-order valence-corrected chi connectivity index (χ1v) is 8.79. The van der Waals surface area contributed by atoms with Crippen molar-refractivity contribution < 1.29 is 28.9 Å². The number of carbonyl (C=O) groups is 2. The summed E-state index contributed by atoms with van der Waals surface area (Å²) in [6.45, 7) is 2.79. The van der Waals surface area contributed by atoms with E-state index in [1.807, 2.05) is 0 Å². The molecule has 0 unspecified atom stereocenters. The number of nitro benzene ring substituents is 2. The first-order chi connectivity index (χ1) is 14.6. The number of hydrogen-bond acceptors (Lipinski definition) is 10. The van der Waals surface area contributed by atoms with E-state index in [1.54, 1.807) is 0 Å². The summed E-state index contributed by atoms with van der Waals surface area (Å²) >= 11 is 0. The Labute approximate surface area is 174 Å². The van der Waals surface area contributed by atoms with Crippen LogP contribution < -0.4 is 10.6 Å². The van der Waals surface area contributed by atoms with Gasteiger partial charge in [0.15, 0.2) is 5.57 Å². The molecule has 0 amide bonds. The van der Waals surface area contributed by atoms with Crippen LogP contribution in [0.3, 0.4) is 0 Å². The molecule has 0 aromatic heterocycles. The maximum absolute atomic E-state index is 12.5. The van der Waals surface area contributed by atoms with Gasteiger partial charge in [-0.05, 0) is 24.3 Å². The SMILES string of the molecule is CC1(C)OC(=O)C(=C(Nc2ccc([N+](=O)[O-])cc2)Nc2ccc([N+](=O)[O-])cc2)C(=O)O1. The zero-order chi connectivity index (χ0) is 22.8. The monoisotopic (exact) mass is 428 g/mol. The number of nitrogens with one attached hydrogen (secondary N) is 2. The van der Waals surface area contributed by atoms with Crippen LogP contribution in [-0.4, -0.2) is 27.6 Å². The predicted molar refractivity (Wildman–Crippen MR) is 107 cm³/mol. The van der Waals surface area contributed by atoms with Gasteiger partial charge in [-0.15, -0.1) is 0 Å². The first-order valence-electron chi connectivity index (χ1n) is 8.79. The van der Waals surface area contributed by atoms with E-state index < -0.39 is 33.1 Å². The number of nitro groups is 2. The van der Waals surface area contributed by atoms with Gasteiger partial charge in [-0.1, -0.05) is 0 Å². The average molecular weight is 428 g/mol. The van der Waals surface area contributed by atoms with Crippen LogP contribution in [0.5, 0.6) is 0 Å². The molecule has 2 aromatic rings. The number of non-ortho nitro benzene ring substituents is 2. The lowest BCUT2D eigenvalue weighted by Crippen LogP contribution is -2.43. The highest BCUT2D eigenvalue weighted by atomic mass is 16.7. The Morgan fingerprint density at radius 2 is 1.13 bits per heavy atom. The van der Waals surface area contributed by atoms with Gasteiger partial charge in [-0.3, -0.25) is 20.2 Å². The molecule has 12 nitrogen and oxygen atoms in total. The maximum Gasteiger partial charge on any atom is 0.352 e. The van der Waals surface area contributed by atoms with E-state index in [4.69, 9.17) is 9.47 Å². The molecule has 0 spiro atoms. The van der Waals surface area contributed by atoms with Crippen LogP contribution in [0, 0.1) is 20.2 Å². The Morgan fingerprint density at radius 1 is 0.774 bits per heavy atom. The molecule has 160 valence electrons. The maximum atomic E-state index is 12.5. The number of carbonyl (C=O) groups excluding carboxylic acids is 2. The fraction of sp³-hybridized carbons (Fsp3) is 0.158. The van der Waals surface area contributed by atoms with Crippen molar-refractivity contribution in [2.45, 2.75) is 19.6 Å².